The Bertz CT molecular complexity index is 627. The Kier molecular flexibility index (Phi) is 5.10. The summed E-state index contributed by atoms with van der Waals surface area (Å²) in [6, 6.07) is 8.48. The van der Waals surface area contributed by atoms with Gasteiger partial charge in [0.2, 0.25) is 0 Å². The van der Waals surface area contributed by atoms with Crippen LogP contribution in [-0.4, -0.2) is 18.3 Å². The van der Waals surface area contributed by atoms with Gasteiger partial charge in [0.25, 0.3) is 5.69 Å². The van der Waals surface area contributed by atoms with E-state index in [1.54, 1.807) is 23.9 Å². The summed E-state index contributed by atoms with van der Waals surface area (Å²) in [7, 11) is 1.47. The highest BCUT2D eigenvalue weighted by Gasteiger charge is 2.15. The normalized spacial score (nSPS) is 10.4. The Morgan fingerprint density at radius 2 is 2.10 bits per heavy atom. The SMILES string of the molecule is COc1ccc(NCc2ccc(CSC)o2)c([N+](=O)[O-])c1. The molecule has 1 aromatic heterocycles. The molecule has 0 unspecified atom stereocenters. The van der Waals surface area contributed by atoms with Crippen LogP contribution in [0.25, 0.3) is 0 Å². The number of nitrogens with one attached hydrogen (secondary N) is 1. The van der Waals surface area contributed by atoms with Gasteiger partial charge in [0.1, 0.15) is 23.0 Å². The molecule has 0 aliphatic carbocycles. The number of benzene rings is 1. The highest BCUT2D eigenvalue weighted by molar-refractivity contribution is 7.97. The molecule has 6 nitrogen and oxygen atoms in total. The number of hydrogen-bond donors (Lipinski definition) is 1. The monoisotopic (exact) mass is 308 g/mol. The smallest absolute Gasteiger partial charge is 0.296 e. The molecule has 0 aliphatic rings. The van der Waals surface area contributed by atoms with E-state index in [1.807, 2.05) is 18.4 Å². The lowest BCUT2D eigenvalue weighted by Gasteiger charge is -2.07. The van der Waals surface area contributed by atoms with Crippen molar-refractivity contribution in [3.8, 4) is 5.75 Å². The van der Waals surface area contributed by atoms with Gasteiger partial charge in [-0.05, 0) is 30.5 Å². The summed E-state index contributed by atoms with van der Waals surface area (Å²) >= 11 is 1.68. The molecular formula is C14H16N2O4S. The van der Waals surface area contributed by atoms with Crippen molar-refractivity contribution in [1.82, 2.24) is 0 Å². The van der Waals surface area contributed by atoms with Crippen LogP contribution in [0.4, 0.5) is 11.4 Å². The molecule has 21 heavy (non-hydrogen) atoms. The first-order chi connectivity index (χ1) is 10.1. The maximum atomic E-state index is 11.1. The molecule has 0 atom stereocenters. The Balaban J connectivity index is 2.09. The van der Waals surface area contributed by atoms with E-state index in [-0.39, 0.29) is 5.69 Å². The summed E-state index contributed by atoms with van der Waals surface area (Å²) in [6.07, 6.45) is 2.00. The summed E-state index contributed by atoms with van der Waals surface area (Å²) in [6.45, 7) is 0.390. The van der Waals surface area contributed by atoms with Crippen LogP contribution in [-0.2, 0) is 12.3 Å². The molecule has 0 fully saturated rings. The third-order valence-corrected chi connectivity index (χ3v) is 3.43. The second kappa shape index (κ2) is 7.03. The number of furan rings is 1. The maximum Gasteiger partial charge on any atom is 0.296 e. The van der Waals surface area contributed by atoms with Gasteiger partial charge in [-0.3, -0.25) is 10.1 Å². The zero-order valence-electron chi connectivity index (χ0n) is 11.8. The first-order valence-corrected chi connectivity index (χ1v) is 7.66. The standard InChI is InChI=1S/C14H16N2O4S/c1-19-10-5-6-13(14(7-10)16(17)18)15-8-11-3-4-12(20-11)9-21-2/h3-7,15H,8-9H2,1-2H3. The highest BCUT2D eigenvalue weighted by Crippen LogP contribution is 2.29. The third kappa shape index (κ3) is 3.91. The van der Waals surface area contributed by atoms with Crippen LogP contribution < -0.4 is 10.1 Å². The molecule has 0 amide bonds. The van der Waals surface area contributed by atoms with E-state index in [1.165, 1.54) is 13.2 Å². The molecule has 0 aliphatic heterocycles. The molecule has 1 N–H and O–H groups in total. The molecule has 0 spiro atoms. The van der Waals surface area contributed by atoms with E-state index in [0.29, 0.717) is 18.0 Å². The van der Waals surface area contributed by atoms with Crippen molar-refractivity contribution in [2.24, 2.45) is 0 Å². The molecule has 0 saturated carbocycles. The summed E-state index contributed by atoms with van der Waals surface area (Å²) in [4.78, 5) is 10.6. The number of ether oxygens (including phenoxy) is 1. The minimum absolute atomic E-state index is 0.0229. The topological polar surface area (TPSA) is 77.5 Å². The predicted octanol–water partition coefficient (Wildman–Crippen LogP) is 3.67. The summed E-state index contributed by atoms with van der Waals surface area (Å²) in [5, 5.41) is 14.1. The van der Waals surface area contributed by atoms with E-state index in [4.69, 9.17) is 9.15 Å². The Labute approximate surface area is 126 Å². The fraction of sp³-hybridized carbons (Fsp3) is 0.286. The predicted molar refractivity (Wildman–Crippen MR) is 82.9 cm³/mol. The molecular weight excluding hydrogens is 292 g/mol. The van der Waals surface area contributed by atoms with Gasteiger partial charge in [-0.2, -0.15) is 11.8 Å². The fourth-order valence-electron chi connectivity index (χ4n) is 1.86. The molecule has 1 aromatic carbocycles. The van der Waals surface area contributed by atoms with E-state index in [9.17, 15) is 10.1 Å². The van der Waals surface area contributed by atoms with Crippen molar-refractivity contribution in [2.45, 2.75) is 12.3 Å². The number of nitro benzene ring substituents is 1. The van der Waals surface area contributed by atoms with Gasteiger partial charge in [-0.25, -0.2) is 0 Å². The number of hydrogen-bond acceptors (Lipinski definition) is 6. The average molecular weight is 308 g/mol. The minimum atomic E-state index is -0.438. The van der Waals surface area contributed by atoms with Crippen LogP contribution in [0.1, 0.15) is 11.5 Å². The number of methoxy groups -OCH3 is 1. The van der Waals surface area contributed by atoms with Crippen molar-refractivity contribution >= 4 is 23.1 Å². The molecule has 112 valence electrons. The van der Waals surface area contributed by atoms with Crippen molar-refractivity contribution in [3.63, 3.8) is 0 Å². The van der Waals surface area contributed by atoms with E-state index in [2.05, 4.69) is 5.32 Å². The zero-order chi connectivity index (χ0) is 15.2. The number of rotatable bonds is 7. The van der Waals surface area contributed by atoms with Crippen molar-refractivity contribution in [3.05, 3.63) is 52.0 Å². The number of thioether (sulfide) groups is 1. The van der Waals surface area contributed by atoms with Gasteiger partial charge in [0.05, 0.1) is 30.4 Å². The van der Waals surface area contributed by atoms with Crippen molar-refractivity contribution < 1.29 is 14.1 Å². The zero-order valence-corrected chi connectivity index (χ0v) is 12.6. The second-order valence-electron chi connectivity index (χ2n) is 4.29. The van der Waals surface area contributed by atoms with E-state index < -0.39 is 4.92 Å². The largest absolute Gasteiger partial charge is 0.496 e. The lowest BCUT2D eigenvalue weighted by atomic mass is 10.2. The maximum absolute atomic E-state index is 11.1. The third-order valence-electron chi connectivity index (χ3n) is 2.86. The number of nitrogens with zero attached hydrogens (tertiary/aromatic N) is 1. The summed E-state index contributed by atoms with van der Waals surface area (Å²) in [5.74, 6) is 2.89. The average Bonchev–Trinajstić information content (AvgIpc) is 2.93. The molecule has 2 rings (SSSR count). The van der Waals surface area contributed by atoms with Crippen LogP contribution in [0, 0.1) is 10.1 Å². The molecule has 7 heteroatoms. The summed E-state index contributed by atoms with van der Waals surface area (Å²) < 4.78 is 10.6. The van der Waals surface area contributed by atoms with Crippen LogP contribution in [0.15, 0.2) is 34.7 Å². The first kappa shape index (κ1) is 15.2. The lowest BCUT2D eigenvalue weighted by molar-refractivity contribution is -0.384. The van der Waals surface area contributed by atoms with E-state index >= 15 is 0 Å². The second-order valence-corrected chi connectivity index (χ2v) is 5.16. The number of nitro groups is 1. The van der Waals surface area contributed by atoms with Gasteiger partial charge in [-0.1, -0.05) is 0 Å². The van der Waals surface area contributed by atoms with Gasteiger partial charge in [0.15, 0.2) is 0 Å². The molecule has 0 radical (unpaired) electrons. The quantitative estimate of drug-likeness (QED) is 0.621. The fourth-order valence-corrected chi connectivity index (χ4v) is 2.30. The van der Waals surface area contributed by atoms with Crippen molar-refractivity contribution in [1.29, 1.82) is 0 Å². The molecule has 0 saturated heterocycles. The molecule has 1 heterocycles. The first-order valence-electron chi connectivity index (χ1n) is 6.27. The number of anilines is 1. The van der Waals surface area contributed by atoms with Gasteiger partial charge >= 0.3 is 0 Å². The van der Waals surface area contributed by atoms with E-state index in [0.717, 1.165) is 17.3 Å². The molecule has 2 aromatic rings. The van der Waals surface area contributed by atoms with Crippen LogP contribution in [0.2, 0.25) is 0 Å². The lowest BCUT2D eigenvalue weighted by Crippen LogP contribution is -2.02. The van der Waals surface area contributed by atoms with Crippen LogP contribution in [0.3, 0.4) is 0 Å². The van der Waals surface area contributed by atoms with Gasteiger partial charge in [0, 0.05) is 0 Å². The van der Waals surface area contributed by atoms with Gasteiger partial charge in [-0.15, -0.1) is 0 Å². The Morgan fingerprint density at radius 1 is 1.33 bits per heavy atom. The Morgan fingerprint density at radius 3 is 2.76 bits per heavy atom. The van der Waals surface area contributed by atoms with Crippen LogP contribution in [0.5, 0.6) is 5.75 Å². The molecule has 0 bridgehead atoms. The van der Waals surface area contributed by atoms with Crippen LogP contribution >= 0.6 is 11.8 Å². The minimum Gasteiger partial charge on any atom is -0.496 e. The van der Waals surface area contributed by atoms with Crippen molar-refractivity contribution in [2.75, 3.05) is 18.7 Å². The highest BCUT2D eigenvalue weighted by atomic mass is 32.2. The van der Waals surface area contributed by atoms with Gasteiger partial charge < -0.3 is 14.5 Å². The summed E-state index contributed by atoms with van der Waals surface area (Å²) in [5.41, 5.74) is 0.411. The Hall–Kier alpha value is -2.15.